The minimum atomic E-state index is -0.379. The zero-order chi connectivity index (χ0) is 13.1. The van der Waals surface area contributed by atoms with E-state index in [0.717, 1.165) is 32.0 Å². The van der Waals surface area contributed by atoms with E-state index in [2.05, 4.69) is 4.90 Å². The summed E-state index contributed by atoms with van der Waals surface area (Å²) in [4.78, 5) is 2.16. The van der Waals surface area contributed by atoms with Gasteiger partial charge in [-0.05, 0) is 57.0 Å². The highest BCUT2D eigenvalue weighted by Crippen LogP contribution is 2.25. The molecule has 0 amide bonds. The van der Waals surface area contributed by atoms with Gasteiger partial charge in [-0.25, -0.2) is 8.78 Å². The molecule has 0 aromatic heterocycles. The molecule has 0 radical (unpaired) electrons. The number of alkyl halides is 1. The van der Waals surface area contributed by atoms with Gasteiger partial charge in [-0.1, -0.05) is 0 Å². The van der Waals surface area contributed by atoms with Crippen LogP contribution < -0.4 is 0 Å². The highest BCUT2D eigenvalue weighted by atomic mass is 35.5. The van der Waals surface area contributed by atoms with E-state index in [1.54, 1.807) is 0 Å². The molecule has 2 rings (SSSR count). The summed E-state index contributed by atoms with van der Waals surface area (Å²) >= 11 is 6.08. The summed E-state index contributed by atoms with van der Waals surface area (Å²) in [6.07, 6.45) is 2.06. The van der Waals surface area contributed by atoms with Gasteiger partial charge in [-0.2, -0.15) is 0 Å². The van der Waals surface area contributed by atoms with Crippen LogP contribution in [0, 0.1) is 17.6 Å². The van der Waals surface area contributed by atoms with Crippen LogP contribution in [0.1, 0.15) is 25.3 Å². The average molecular weight is 274 g/mol. The lowest BCUT2D eigenvalue weighted by molar-refractivity contribution is 0.174. The van der Waals surface area contributed by atoms with Crippen LogP contribution in [-0.4, -0.2) is 23.4 Å². The van der Waals surface area contributed by atoms with Crippen LogP contribution in [0.2, 0.25) is 0 Å². The Hall–Kier alpha value is -0.670. The molecule has 1 aromatic carbocycles. The number of hydrogen-bond acceptors (Lipinski definition) is 1. The zero-order valence-electron chi connectivity index (χ0n) is 10.5. The molecule has 0 saturated carbocycles. The second-order valence-electron chi connectivity index (χ2n) is 5.03. The third-order valence-corrected chi connectivity index (χ3v) is 4.04. The standard InChI is InChI=1S/C14H18ClF2N/c1-10(15)11-4-6-18(7-5-11)9-12-8-13(16)2-3-14(12)17/h2-3,8,10-11H,4-7,9H2,1H3. The van der Waals surface area contributed by atoms with E-state index in [9.17, 15) is 8.78 Å². The molecule has 1 heterocycles. The third-order valence-electron chi connectivity index (χ3n) is 3.68. The Balaban J connectivity index is 1.93. The molecule has 0 spiro atoms. The quantitative estimate of drug-likeness (QED) is 0.757. The van der Waals surface area contributed by atoms with E-state index in [4.69, 9.17) is 11.6 Å². The number of rotatable bonds is 3. The summed E-state index contributed by atoms with van der Waals surface area (Å²) in [6, 6.07) is 3.63. The van der Waals surface area contributed by atoms with Gasteiger partial charge >= 0.3 is 0 Å². The zero-order valence-corrected chi connectivity index (χ0v) is 11.3. The van der Waals surface area contributed by atoms with Crippen LogP contribution in [0.4, 0.5) is 8.78 Å². The van der Waals surface area contributed by atoms with E-state index >= 15 is 0 Å². The normalized spacial score (nSPS) is 20.0. The van der Waals surface area contributed by atoms with Crippen molar-refractivity contribution in [2.45, 2.75) is 31.7 Å². The second kappa shape index (κ2) is 5.98. The predicted molar refractivity (Wildman–Crippen MR) is 69.7 cm³/mol. The first-order chi connectivity index (χ1) is 8.56. The molecule has 1 aromatic rings. The van der Waals surface area contributed by atoms with Crippen LogP contribution in [0.3, 0.4) is 0 Å². The number of nitrogens with zero attached hydrogens (tertiary/aromatic N) is 1. The van der Waals surface area contributed by atoms with Crippen molar-refractivity contribution in [1.29, 1.82) is 0 Å². The van der Waals surface area contributed by atoms with Crippen molar-refractivity contribution < 1.29 is 8.78 Å². The molecule has 0 N–H and O–H groups in total. The first kappa shape index (κ1) is 13.8. The Bertz CT molecular complexity index is 401. The lowest BCUT2D eigenvalue weighted by Crippen LogP contribution is -2.35. The molecular weight excluding hydrogens is 256 g/mol. The molecule has 1 unspecified atom stereocenters. The molecule has 1 aliphatic heterocycles. The van der Waals surface area contributed by atoms with E-state index in [0.29, 0.717) is 18.0 Å². The summed E-state index contributed by atoms with van der Waals surface area (Å²) in [5.41, 5.74) is 0.437. The molecule has 1 atom stereocenters. The fourth-order valence-electron chi connectivity index (χ4n) is 2.48. The largest absolute Gasteiger partial charge is 0.299 e. The molecular formula is C14H18ClF2N. The average Bonchev–Trinajstić information content (AvgIpc) is 2.34. The van der Waals surface area contributed by atoms with Crippen molar-refractivity contribution in [1.82, 2.24) is 4.90 Å². The van der Waals surface area contributed by atoms with Gasteiger partial charge in [0.1, 0.15) is 11.6 Å². The summed E-state index contributed by atoms with van der Waals surface area (Å²) in [6.45, 7) is 4.30. The molecule has 0 aliphatic carbocycles. The Kier molecular flexibility index (Phi) is 4.57. The number of benzene rings is 1. The van der Waals surface area contributed by atoms with Crippen LogP contribution in [0.5, 0.6) is 0 Å². The molecule has 0 bridgehead atoms. The first-order valence-corrected chi connectivity index (χ1v) is 6.80. The molecule has 18 heavy (non-hydrogen) atoms. The summed E-state index contributed by atoms with van der Waals surface area (Å²) < 4.78 is 26.6. The van der Waals surface area contributed by atoms with Crippen LogP contribution >= 0.6 is 11.6 Å². The minimum absolute atomic E-state index is 0.193. The Morgan fingerprint density at radius 1 is 1.33 bits per heavy atom. The van der Waals surface area contributed by atoms with Gasteiger partial charge in [0.15, 0.2) is 0 Å². The monoisotopic (exact) mass is 273 g/mol. The summed E-state index contributed by atoms with van der Waals surface area (Å²) in [7, 11) is 0. The fourth-order valence-corrected chi connectivity index (χ4v) is 2.73. The van der Waals surface area contributed by atoms with E-state index in [-0.39, 0.29) is 17.0 Å². The summed E-state index contributed by atoms with van der Waals surface area (Å²) in [5.74, 6) is -0.167. The molecule has 100 valence electrons. The summed E-state index contributed by atoms with van der Waals surface area (Å²) in [5, 5.41) is 0.193. The van der Waals surface area contributed by atoms with Crippen molar-refractivity contribution >= 4 is 11.6 Å². The highest BCUT2D eigenvalue weighted by molar-refractivity contribution is 6.20. The number of hydrogen-bond donors (Lipinski definition) is 0. The van der Waals surface area contributed by atoms with E-state index < -0.39 is 0 Å². The number of halogens is 3. The van der Waals surface area contributed by atoms with E-state index in [1.165, 1.54) is 12.1 Å². The lowest BCUT2D eigenvalue weighted by Gasteiger charge is -2.33. The van der Waals surface area contributed by atoms with Crippen molar-refractivity contribution in [3.8, 4) is 0 Å². The minimum Gasteiger partial charge on any atom is -0.299 e. The number of piperidine rings is 1. The highest BCUT2D eigenvalue weighted by Gasteiger charge is 2.23. The van der Waals surface area contributed by atoms with Gasteiger partial charge < -0.3 is 0 Å². The first-order valence-electron chi connectivity index (χ1n) is 6.36. The lowest BCUT2D eigenvalue weighted by atomic mass is 9.94. The van der Waals surface area contributed by atoms with Crippen molar-refractivity contribution in [2.75, 3.05) is 13.1 Å². The van der Waals surface area contributed by atoms with E-state index in [1.807, 2.05) is 6.92 Å². The van der Waals surface area contributed by atoms with Crippen LogP contribution in [0.25, 0.3) is 0 Å². The molecule has 4 heteroatoms. The molecule has 1 fully saturated rings. The Morgan fingerprint density at radius 3 is 2.61 bits per heavy atom. The third kappa shape index (κ3) is 3.42. The maximum absolute atomic E-state index is 13.5. The van der Waals surface area contributed by atoms with Gasteiger partial charge in [0.05, 0.1) is 0 Å². The van der Waals surface area contributed by atoms with Crippen LogP contribution in [-0.2, 0) is 6.54 Å². The van der Waals surface area contributed by atoms with Gasteiger partial charge in [-0.3, -0.25) is 4.90 Å². The smallest absolute Gasteiger partial charge is 0.127 e. The SMILES string of the molecule is CC(Cl)C1CCN(Cc2cc(F)ccc2F)CC1. The van der Waals surface area contributed by atoms with Gasteiger partial charge in [0.25, 0.3) is 0 Å². The maximum atomic E-state index is 13.5. The Labute approximate surface area is 112 Å². The predicted octanol–water partition coefficient (Wildman–Crippen LogP) is 3.80. The number of likely N-dealkylation sites (tertiary alicyclic amines) is 1. The van der Waals surface area contributed by atoms with Crippen molar-refractivity contribution in [2.24, 2.45) is 5.92 Å². The van der Waals surface area contributed by atoms with Crippen LogP contribution in [0.15, 0.2) is 18.2 Å². The molecule has 1 aliphatic rings. The second-order valence-corrected chi connectivity index (χ2v) is 5.72. The molecule has 1 nitrogen and oxygen atoms in total. The fraction of sp³-hybridized carbons (Fsp3) is 0.571. The maximum Gasteiger partial charge on any atom is 0.127 e. The van der Waals surface area contributed by atoms with Crippen molar-refractivity contribution in [3.63, 3.8) is 0 Å². The van der Waals surface area contributed by atoms with Gasteiger partial charge in [-0.15, -0.1) is 11.6 Å². The molecule has 1 saturated heterocycles. The topological polar surface area (TPSA) is 3.24 Å². The van der Waals surface area contributed by atoms with Crippen molar-refractivity contribution in [3.05, 3.63) is 35.4 Å². The Morgan fingerprint density at radius 2 is 2.00 bits per heavy atom. The van der Waals surface area contributed by atoms with Gasteiger partial charge in [0.2, 0.25) is 0 Å². The van der Waals surface area contributed by atoms with Gasteiger partial charge in [0, 0.05) is 17.5 Å².